The van der Waals surface area contributed by atoms with Crippen molar-refractivity contribution in [3.05, 3.63) is 102 Å². The number of benzene rings is 3. The zero-order valence-electron chi connectivity index (χ0n) is 24.8. The molecule has 5 N–H and O–H groups in total. The molecular formula is C34H35N5O6. The predicted molar refractivity (Wildman–Crippen MR) is 167 cm³/mol. The number of aromatic nitrogens is 1. The first kappa shape index (κ1) is 31.0. The normalized spacial score (nSPS) is 15.5. The first-order valence-electron chi connectivity index (χ1n) is 14.8. The maximum atomic E-state index is 13.8. The molecule has 1 unspecified atom stereocenters. The van der Waals surface area contributed by atoms with Crippen LogP contribution in [-0.4, -0.2) is 60.1 Å². The van der Waals surface area contributed by atoms with Crippen molar-refractivity contribution in [2.75, 3.05) is 13.7 Å². The molecule has 0 saturated carbocycles. The molecule has 11 heteroatoms. The van der Waals surface area contributed by atoms with Gasteiger partial charge in [0.05, 0.1) is 13.2 Å². The molecule has 0 bridgehead atoms. The minimum absolute atomic E-state index is 0.0506. The smallest absolute Gasteiger partial charge is 0.289 e. The van der Waals surface area contributed by atoms with Crippen molar-refractivity contribution in [2.45, 2.75) is 37.9 Å². The lowest BCUT2D eigenvalue weighted by atomic mass is 9.94. The van der Waals surface area contributed by atoms with Crippen LogP contribution in [0.3, 0.4) is 0 Å². The highest BCUT2D eigenvalue weighted by Crippen LogP contribution is 2.22. The zero-order chi connectivity index (χ0) is 31.8. The highest BCUT2D eigenvalue weighted by molar-refractivity contribution is 6.38. The number of carbonyl (C=O) groups excluding carboxylic acids is 5. The van der Waals surface area contributed by atoms with Crippen LogP contribution in [0.1, 0.15) is 34.5 Å². The second kappa shape index (κ2) is 14.3. The van der Waals surface area contributed by atoms with Crippen molar-refractivity contribution in [3.63, 3.8) is 0 Å². The van der Waals surface area contributed by atoms with Crippen molar-refractivity contribution in [3.8, 4) is 5.75 Å². The summed E-state index contributed by atoms with van der Waals surface area (Å²) in [6.07, 6.45) is 0.544. The number of H-pyrrole nitrogens is 1. The van der Waals surface area contributed by atoms with E-state index in [-0.39, 0.29) is 31.0 Å². The van der Waals surface area contributed by atoms with Gasteiger partial charge in [0, 0.05) is 36.3 Å². The van der Waals surface area contributed by atoms with Gasteiger partial charge in [-0.3, -0.25) is 24.0 Å². The lowest BCUT2D eigenvalue weighted by molar-refractivity contribution is -0.141. The van der Waals surface area contributed by atoms with Crippen LogP contribution in [0.5, 0.6) is 5.75 Å². The summed E-state index contributed by atoms with van der Waals surface area (Å²) in [5, 5.41) is 11.6. The van der Waals surface area contributed by atoms with Crippen LogP contribution in [0.2, 0.25) is 0 Å². The fourth-order valence-electron chi connectivity index (χ4n) is 5.34. The molecule has 5 rings (SSSR count). The molecule has 3 atom stereocenters. The summed E-state index contributed by atoms with van der Waals surface area (Å²) in [5.74, 6) is -3.08. The Bertz CT molecular complexity index is 1690. The highest BCUT2D eigenvalue weighted by atomic mass is 16.5. The number of carbonyl (C=O) groups is 5. The molecule has 232 valence electrons. The average molecular weight is 610 g/mol. The summed E-state index contributed by atoms with van der Waals surface area (Å²) >= 11 is 0. The summed E-state index contributed by atoms with van der Waals surface area (Å²) < 4.78 is 5.27. The fraction of sp³-hybridized carbons (Fsp3) is 0.265. The topological polar surface area (TPSA) is 158 Å². The highest BCUT2D eigenvalue weighted by Gasteiger charge is 2.35. The van der Waals surface area contributed by atoms with Crippen LogP contribution < -0.4 is 26.0 Å². The molecule has 0 aliphatic carbocycles. The van der Waals surface area contributed by atoms with Crippen molar-refractivity contribution in [1.29, 1.82) is 0 Å². The fourth-order valence-corrected chi connectivity index (χ4v) is 5.34. The number of nitrogens with one attached hydrogen (secondary N) is 5. The Morgan fingerprint density at radius 1 is 0.889 bits per heavy atom. The van der Waals surface area contributed by atoms with Crippen LogP contribution in [-0.2, 0) is 32.1 Å². The Morgan fingerprint density at radius 3 is 2.27 bits per heavy atom. The van der Waals surface area contributed by atoms with Gasteiger partial charge in [-0.1, -0.05) is 60.7 Å². The zero-order valence-corrected chi connectivity index (χ0v) is 24.8. The summed E-state index contributed by atoms with van der Waals surface area (Å²) in [4.78, 5) is 69.0. The quantitative estimate of drug-likeness (QED) is 0.147. The molecule has 0 spiro atoms. The Balaban J connectivity index is 1.35. The van der Waals surface area contributed by atoms with Crippen LogP contribution in [0.4, 0.5) is 0 Å². The van der Waals surface area contributed by atoms with E-state index in [9.17, 15) is 24.0 Å². The number of amides is 4. The van der Waals surface area contributed by atoms with E-state index in [1.54, 1.807) is 31.4 Å². The number of Topliss-reactive ketones (excluding diaryl/α,β-unsaturated/α-hetero) is 1. The van der Waals surface area contributed by atoms with Gasteiger partial charge in [-0.2, -0.15) is 0 Å². The second-order valence-electron chi connectivity index (χ2n) is 11.0. The molecule has 2 heterocycles. The van der Waals surface area contributed by atoms with Crippen LogP contribution in [0.25, 0.3) is 10.9 Å². The molecular weight excluding hydrogens is 574 g/mol. The third-order valence-electron chi connectivity index (χ3n) is 7.81. The number of rotatable bonds is 13. The van der Waals surface area contributed by atoms with Gasteiger partial charge in [-0.05, 0) is 48.2 Å². The van der Waals surface area contributed by atoms with Gasteiger partial charge in [0.15, 0.2) is 0 Å². The number of aromatic amines is 1. The molecule has 1 fully saturated rings. The monoisotopic (exact) mass is 609 g/mol. The van der Waals surface area contributed by atoms with Gasteiger partial charge in [-0.15, -0.1) is 0 Å². The molecule has 11 nitrogen and oxygen atoms in total. The maximum absolute atomic E-state index is 13.8. The minimum atomic E-state index is -1.28. The number of methoxy groups -OCH3 is 1. The molecule has 0 radical (unpaired) electrons. The number of ketones is 1. The van der Waals surface area contributed by atoms with E-state index < -0.39 is 41.5 Å². The molecule has 1 aliphatic heterocycles. The Kier molecular flexibility index (Phi) is 9.88. The molecule has 4 aromatic rings. The first-order chi connectivity index (χ1) is 21.8. The van der Waals surface area contributed by atoms with Gasteiger partial charge in [0.2, 0.25) is 17.6 Å². The predicted octanol–water partition coefficient (Wildman–Crippen LogP) is 2.41. The van der Waals surface area contributed by atoms with Gasteiger partial charge < -0.3 is 31.0 Å². The van der Waals surface area contributed by atoms with Crippen molar-refractivity contribution in [2.24, 2.45) is 5.92 Å². The molecule has 1 aliphatic rings. The molecule has 4 amide bonds. The van der Waals surface area contributed by atoms with E-state index in [0.717, 1.165) is 16.5 Å². The minimum Gasteiger partial charge on any atom is -0.497 e. The van der Waals surface area contributed by atoms with Crippen LogP contribution in [0, 0.1) is 5.92 Å². The van der Waals surface area contributed by atoms with E-state index in [2.05, 4.69) is 26.3 Å². The molecule has 1 aromatic heterocycles. The van der Waals surface area contributed by atoms with Crippen LogP contribution in [0.15, 0.2) is 84.9 Å². The molecule has 45 heavy (non-hydrogen) atoms. The summed E-state index contributed by atoms with van der Waals surface area (Å²) in [6.45, 7) is 0.570. The number of hydrogen-bond acceptors (Lipinski definition) is 6. The van der Waals surface area contributed by atoms with E-state index in [1.165, 1.54) is 0 Å². The standard InChI is InChI=1S/C34H35N5O6/c1-45-25-12-13-26-24(17-25)19-29(37-26)33(43)39-28(16-21-8-4-2-5-9-21)32(42)38-27(18-23-14-15-35-31(23)41)30(40)34(44)36-20-22-10-6-3-7-11-22/h2-13,17,19,23,27-28,37H,14-16,18,20H2,1H3,(H,35,41)(H,36,44)(H,38,42)(H,39,43)/t23-,27?,28-/m0/s1. The Hall–Kier alpha value is -5.45. The number of ether oxygens (including phenoxy) is 1. The summed E-state index contributed by atoms with van der Waals surface area (Å²) in [7, 11) is 1.55. The van der Waals surface area contributed by atoms with Crippen molar-refractivity contribution >= 4 is 40.3 Å². The van der Waals surface area contributed by atoms with Crippen molar-refractivity contribution in [1.82, 2.24) is 26.3 Å². The van der Waals surface area contributed by atoms with E-state index in [1.807, 2.05) is 60.7 Å². The number of hydrogen-bond donors (Lipinski definition) is 5. The molecule has 3 aromatic carbocycles. The summed E-state index contributed by atoms with van der Waals surface area (Å²) in [5.41, 5.74) is 2.53. The van der Waals surface area contributed by atoms with Gasteiger partial charge >= 0.3 is 0 Å². The largest absolute Gasteiger partial charge is 0.497 e. The summed E-state index contributed by atoms with van der Waals surface area (Å²) in [6, 6.07) is 22.9. The third kappa shape index (κ3) is 7.94. The van der Waals surface area contributed by atoms with Crippen LogP contribution >= 0.6 is 0 Å². The Morgan fingerprint density at radius 2 is 1.60 bits per heavy atom. The van der Waals surface area contributed by atoms with E-state index >= 15 is 0 Å². The van der Waals surface area contributed by atoms with Gasteiger partial charge in [-0.25, -0.2) is 0 Å². The van der Waals surface area contributed by atoms with E-state index in [4.69, 9.17) is 4.74 Å². The molecule has 1 saturated heterocycles. The third-order valence-corrected chi connectivity index (χ3v) is 7.81. The van der Waals surface area contributed by atoms with E-state index in [0.29, 0.717) is 24.2 Å². The lowest BCUT2D eigenvalue weighted by Gasteiger charge is -2.24. The van der Waals surface area contributed by atoms with Crippen molar-refractivity contribution < 1.29 is 28.7 Å². The average Bonchev–Trinajstić information content (AvgIpc) is 3.68. The van der Waals surface area contributed by atoms with Gasteiger partial charge in [0.25, 0.3) is 11.8 Å². The number of fused-ring (bicyclic) bond motifs is 1. The van der Waals surface area contributed by atoms with Gasteiger partial charge in [0.1, 0.15) is 17.5 Å². The first-order valence-corrected chi connectivity index (χ1v) is 14.8. The maximum Gasteiger partial charge on any atom is 0.289 e. The SMILES string of the molecule is COc1ccc2[nH]c(C(=O)N[C@@H](Cc3ccccc3)C(=O)NC(C[C@@H]3CCNC3=O)C(=O)C(=O)NCc3ccccc3)cc2c1. The lowest BCUT2D eigenvalue weighted by Crippen LogP contribution is -2.55. The second-order valence-corrected chi connectivity index (χ2v) is 11.0. The Labute approximate surface area is 260 Å².